The molecular formula is C17H25F2N3O2. The predicted molar refractivity (Wildman–Crippen MR) is 89.0 cm³/mol. The highest BCUT2D eigenvalue weighted by Crippen LogP contribution is 2.27. The van der Waals surface area contributed by atoms with E-state index in [1.54, 1.807) is 4.90 Å². The average Bonchev–Trinajstić information content (AvgIpc) is 2.51. The van der Waals surface area contributed by atoms with Crippen molar-refractivity contribution < 1.29 is 18.3 Å². The Morgan fingerprint density at radius 3 is 2.42 bits per heavy atom. The van der Waals surface area contributed by atoms with E-state index in [1.165, 1.54) is 12.1 Å². The molecule has 0 atom stereocenters. The van der Waals surface area contributed by atoms with Crippen LogP contribution < -0.4 is 5.73 Å². The highest BCUT2D eigenvalue weighted by molar-refractivity contribution is 5.67. The van der Waals surface area contributed by atoms with E-state index in [4.69, 9.17) is 10.5 Å². The van der Waals surface area contributed by atoms with E-state index in [2.05, 4.69) is 4.90 Å². The number of nitrogens with two attached hydrogens (primary N) is 1. The molecule has 0 spiro atoms. The first kappa shape index (κ1) is 18.4. The maximum absolute atomic E-state index is 13.0. The Kier molecular flexibility index (Phi) is 5.99. The molecule has 1 heterocycles. The second-order valence-electron chi connectivity index (χ2n) is 6.39. The lowest BCUT2D eigenvalue weighted by Crippen LogP contribution is -2.48. The van der Waals surface area contributed by atoms with Gasteiger partial charge < -0.3 is 15.4 Å². The predicted octanol–water partition coefficient (Wildman–Crippen LogP) is 3.18. The Hall–Kier alpha value is -1.89. The van der Waals surface area contributed by atoms with E-state index in [0.29, 0.717) is 38.4 Å². The number of carbonyl (C=O) groups is 1. The van der Waals surface area contributed by atoms with Crippen molar-refractivity contribution in [3.8, 4) is 0 Å². The van der Waals surface area contributed by atoms with Crippen molar-refractivity contribution in [1.82, 2.24) is 9.80 Å². The number of amides is 1. The molecule has 24 heavy (non-hydrogen) atoms. The van der Waals surface area contributed by atoms with Crippen LogP contribution in [0.2, 0.25) is 0 Å². The number of benzene rings is 1. The Morgan fingerprint density at radius 1 is 1.25 bits per heavy atom. The van der Waals surface area contributed by atoms with Gasteiger partial charge in [0.1, 0.15) is 0 Å². The third-order valence-corrected chi connectivity index (χ3v) is 4.19. The minimum Gasteiger partial charge on any atom is -0.447 e. The third kappa shape index (κ3) is 4.56. The molecular weight excluding hydrogens is 316 g/mol. The normalized spacial score (nSPS) is 16.0. The number of carbonyl (C=O) groups excluding carboxylic acids is 1. The van der Waals surface area contributed by atoms with Gasteiger partial charge >= 0.3 is 6.09 Å². The van der Waals surface area contributed by atoms with E-state index in [-0.39, 0.29) is 17.8 Å². The first-order valence-electron chi connectivity index (χ1n) is 8.13. The highest BCUT2D eigenvalue weighted by atomic mass is 19.3. The lowest BCUT2D eigenvalue weighted by molar-refractivity contribution is 0.0558. The number of hydrogen-bond acceptors (Lipinski definition) is 4. The standard InChI is InChI=1S/C17H25F2N3O2/c1-11(2)24-17(23)22-6-4-21(5-7-22)10-14-8-13(16(18)19)9-15(20)12(14)3/h8-9,11,16H,4-7,10,20H2,1-3H3. The number of anilines is 1. The number of alkyl halides is 2. The third-order valence-electron chi connectivity index (χ3n) is 4.19. The number of nitrogen functional groups attached to an aromatic ring is 1. The van der Waals surface area contributed by atoms with Gasteiger partial charge in [0.15, 0.2) is 0 Å². The van der Waals surface area contributed by atoms with Gasteiger partial charge in [0.05, 0.1) is 6.10 Å². The molecule has 134 valence electrons. The van der Waals surface area contributed by atoms with E-state index in [1.807, 2.05) is 20.8 Å². The summed E-state index contributed by atoms with van der Waals surface area (Å²) in [5.74, 6) is 0. The average molecular weight is 341 g/mol. The van der Waals surface area contributed by atoms with Crippen molar-refractivity contribution in [3.05, 3.63) is 28.8 Å². The monoisotopic (exact) mass is 341 g/mol. The SMILES string of the molecule is Cc1c(N)cc(C(F)F)cc1CN1CCN(C(=O)OC(C)C)CC1. The summed E-state index contributed by atoms with van der Waals surface area (Å²) in [5.41, 5.74) is 7.84. The Morgan fingerprint density at radius 2 is 1.88 bits per heavy atom. The Labute approximate surface area is 141 Å². The summed E-state index contributed by atoms with van der Waals surface area (Å²) in [5, 5.41) is 0. The van der Waals surface area contributed by atoms with Crippen molar-refractivity contribution >= 4 is 11.8 Å². The molecule has 0 saturated carbocycles. The summed E-state index contributed by atoms with van der Waals surface area (Å²) in [6.45, 7) is 8.49. The van der Waals surface area contributed by atoms with Gasteiger partial charge in [-0.3, -0.25) is 4.90 Å². The van der Waals surface area contributed by atoms with Crippen LogP contribution in [-0.2, 0) is 11.3 Å². The van der Waals surface area contributed by atoms with Gasteiger partial charge in [0.25, 0.3) is 6.43 Å². The quantitative estimate of drug-likeness (QED) is 0.855. The highest BCUT2D eigenvalue weighted by Gasteiger charge is 2.23. The minimum absolute atomic E-state index is 0.0488. The smallest absolute Gasteiger partial charge is 0.410 e. The molecule has 1 aliphatic heterocycles. The Balaban J connectivity index is 1.98. The number of halogens is 2. The summed E-state index contributed by atoms with van der Waals surface area (Å²) in [6, 6.07) is 2.86. The van der Waals surface area contributed by atoms with E-state index < -0.39 is 6.43 Å². The molecule has 1 aromatic carbocycles. The van der Waals surface area contributed by atoms with Gasteiger partial charge in [-0.25, -0.2) is 13.6 Å². The van der Waals surface area contributed by atoms with Crippen molar-refractivity contribution in [3.63, 3.8) is 0 Å². The Bertz CT molecular complexity index is 585. The van der Waals surface area contributed by atoms with Gasteiger partial charge in [-0.1, -0.05) is 0 Å². The zero-order valence-electron chi connectivity index (χ0n) is 14.4. The molecule has 1 aromatic rings. The number of piperazine rings is 1. The first-order chi connectivity index (χ1) is 11.3. The van der Waals surface area contributed by atoms with Gasteiger partial charge in [-0.2, -0.15) is 0 Å². The number of ether oxygens (including phenoxy) is 1. The number of hydrogen-bond donors (Lipinski definition) is 1. The van der Waals surface area contributed by atoms with Crippen molar-refractivity contribution in [2.45, 2.75) is 39.8 Å². The molecule has 0 radical (unpaired) electrons. The molecule has 0 bridgehead atoms. The maximum atomic E-state index is 13.0. The van der Waals surface area contributed by atoms with Crippen LogP contribution in [0.5, 0.6) is 0 Å². The van der Waals surface area contributed by atoms with Crippen molar-refractivity contribution in [2.75, 3.05) is 31.9 Å². The van der Waals surface area contributed by atoms with Gasteiger partial charge in [-0.05, 0) is 44.0 Å². The molecule has 2 N–H and O–H groups in total. The number of rotatable bonds is 4. The second-order valence-corrected chi connectivity index (χ2v) is 6.39. The molecule has 1 aliphatic rings. The van der Waals surface area contributed by atoms with Crippen LogP contribution in [0.1, 0.15) is 37.0 Å². The first-order valence-corrected chi connectivity index (χ1v) is 8.13. The van der Waals surface area contributed by atoms with E-state index in [0.717, 1.165) is 11.1 Å². The minimum atomic E-state index is -2.53. The lowest BCUT2D eigenvalue weighted by Gasteiger charge is -2.34. The lowest BCUT2D eigenvalue weighted by atomic mass is 10.0. The second kappa shape index (κ2) is 7.79. The zero-order valence-corrected chi connectivity index (χ0v) is 14.4. The van der Waals surface area contributed by atoms with E-state index >= 15 is 0 Å². The number of nitrogens with zero attached hydrogens (tertiary/aromatic N) is 2. The summed E-state index contributed by atoms with van der Waals surface area (Å²) in [6.07, 6.45) is -2.97. The van der Waals surface area contributed by atoms with Crippen LogP contribution in [0, 0.1) is 6.92 Å². The zero-order chi connectivity index (χ0) is 17.9. The van der Waals surface area contributed by atoms with Crippen molar-refractivity contribution in [2.24, 2.45) is 0 Å². The topological polar surface area (TPSA) is 58.8 Å². The van der Waals surface area contributed by atoms with E-state index in [9.17, 15) is 13.6 Å². The molecule has 7 heteroatoms. The largest absolute Gasteiger partial charge is 0.447 e. The molecule has 0 aromatic heterocycles. The van der Waals surface area contributed by atoms with Crippen LogP contribution in [0.3, 0.4) is 0 Å². The molecule has 2 rings (SSSR count). The summed E-state index contributed by atoms with van der Waals surface area (Å²) in [7, 11) is 0. The van der Waals surface area contributed by atoms with Gasteiger partial charge in [0, 0.05) is 44.0 Å². The summed E-state index contributed by atoms with van der Waals surface area (Å²) < 4.78 is 31.1. The van der Waals surface area contributed by atoms with Crippen LogP contribution in [0.15, 0.2) is 12.1 Å². The molecule has 0 aliphatic carbocycles. The van der Waals surface area contributed by atoms with Crippen LogP contribution in [-0.4, -0.2) is 48.2 Å². The fraction of sp³-hybridized carbons (Fsp3) is 0.588. The van der Waals surface area contributed by atoms with Crippen LogP contribution in [0.4, 0.5) is 19.3 Å². The van der Waals surface area contributed by atoms with Crippen LogP contribution >= 0.6 is 0 Å². The van der Waals surface area contributed by atoms with Crippen molar-refractivity contribution in [1.29, 1.82) is 0 Å². The summed E-state index contributed by atoms with van der Waals surface area (Å²) >= 11 is 0. The maximum Gasteiger partial charge on any atom is 0.410 e. The van der Waals surface area contributed by atoms with Crippen LogP contribution in [0.25, 0.3) is 0 Å². The fourth-order valence-electron chi connectivity index (χ4n) is 2.72. The molecule has 1 fully saturated rings. The molecule has 1 saturated heterocycles. The summed E-state index contributed by atoms with van der Waals surface area (Å²) in [4.78, 5) is 15.7. The van der Waals surface area contributed by atoms with Gasteiger partial charge in [-0.15, -0.1) is 0 Å². The fourth-order valence-corrected chi connectivity index (χ4v) is 2.72. The molecule has 5 nitrogen and oxygen atoms in total. The molecule has 0 unspecified atom stereocenters. The van der Waals surface area contributed by atoms with Gasteiger partial charge in [0.2, 0.25) is 0 Å². The molecule has 1 amide bonds.